The van der Waals surface area contributed by atoms with Gasteiger partial charge in [-0.25, -0.2) is 0 Å². The van der Waals surface area contributed by atoms with Crippen molar-refractivity contribution in [2.75, 3.05) is 7.11 Å². The molecular formula is C19H15Cl2NO4. The van der Waals surface area contributed by atoms with Crippen LogP contribution in [0, 0.1) is 6.92 Å². The van der Waals surface area contributed by atoms with Crippen LogP contribution >= 0.6 is 23.2 Å². The highest BCUT2D eigenvalue weighted by molar-refractivity contribution is 6.35. The largest absolute Gasteiger partial charge is 0.497 e. The molecule has 0 saturated heterocycles. The van der Waals surface area contributed by atoms with Gasteiger partial charge in [0, 0.05) is 26.7 Å². The lowest BCUT2D eigenvalue weighted by Gasteiger charge is -2.09. The third kappa shape index (κ3) is 3.28. The summed E-state index contributed by atoms with van der Waals surface area (Å²) < 4.78 is 6.71. The van der Waals surface area contributed by atoms with E-state index in [9.17, 15) is 14.7 Å². The van der Waals surface area contributed by atoms with Crippen LogP contribution in [0.4, 0.5) is 0 Å². The molecule has 26 heavy (non-hydrogen) atoms. The molecule has 0 fully saturated rings. The number of aliphatic carboxylic acids is 1. The van der Waals surface area contributed by atoms with Gasteiger partial charge < -0.3 is 9.84 Å². The van der Waals surface area contributed by atoms with Crippen LogP contribution in [0.2, 0.25) is 10.0 Å². The van der Waals surface area contributed by atoms with E-state index in [0.29, 0.717) is 43.5 Å². The first kappa shape index (κ1) is 18.3. The van der Waals surface area contributed by atoms with Gasteiger partial charge in [-0.05, 0) is 48.9 Å². The van der Waals surface area contributed by atoms with Crippen molar-refractivity contribution in [2.24, 2.45) is 0 Å². The average molecular weight is 392 g/mol. The highest BCUT2D eigenvalue weighted by Gasteiger charge is 2.22. The minimum Gasteiger partial charge on any atom is -0.497 e. The Hall–Kier alpha value is -2.50. The van der Waals surface area contributed by atoms with Gasteiger partial charge in [-0.15, -0.1) is 0 Å². The van der Waals surface area contributed by atoms with Gasteiger partial charge in [0.15, 0.2) is 0 Å². The monoisotopic (exact) mass is 391 g/mol. The number of hydrogen-bond donors (Lipinski definition) is 1. The Morgan fingerprint density at radius 3 is 2.35 bits per heavy atom. The van der Waals surface area contributed by atoms with Crippen LogP contribution in [0.1, 0.15) is 21.6 Å². The summed E-state index contributed by atoms with van der Waals surface area (Å²) in [5.74, 6) is -0.730. The predicted octanol–water partition coefficient (Wildman–Crippen LogP) is 4.58. The van der Waals surface area contributed by atoms with E-state index < -0.39 is 5.97 Å². The van der Waals surface area contributed by atoms with E-state index in [0.717, 1.165) is 0 Å². The lowest BCUT2D eigenvalue weighted by atomic mass is 10.1. The number of carbonyl (C=O) groups is 2. The topological polar surface area (TPSA) is 68.5 Å². The SMILES string of the molecule is COc1ccc2c(c1)c(CC(=O)O)c(C)n2C(=O)c1cc(Cl)cc(Cl)c1. The van der Waals surface area contributed by atoms with Crippen molar-refractivity contribution >= 4 is 46.0 Å². The molecule has 1 N–H and O–H groups in total. The highest BCUT2D eigenvalue weighted by Crippen LogP contribution is 2.31. The molecule has 1 heterocycles. The third-order valence-electron chi connectivity index (χ3n) is 4.18. The molecule has 0 aliphatic carbocycles. The van der Waals surface area contributed by atoms with Crippen LogP contribution in [0.5, 0.6) is 5.75 Å². The summed E-state index contributed by atoms with van der Waals surface area (Å²) in [4.78, 5) is 24.4. The highest BCUT2D eigenvalue weighted by atomic mass is 35.5. The van der Waals surface area contributed by atoms with Crippen LogP contribution < -0.4 is 4.74 Å². The molecule has 134 valence electrons. The van der Waals surface area contributed by atoms with Gasteiger partial charge in [-0.3, -0.25) is 14.2 Å². The molecule has 0 radical (unpaired) electrons. The number of carboxylic acid groups (broad SMARTS) is 1. The first-order valence-electron chi connectivity index (χ1n) is 7.72. The summed E-state index contributed by atoms with van der Waals surface area (Å²) in [5.41, 5.74) is 2.03. The number of carboxylic acids is 1. The summed E-state index contributed by atoms with van der Waals surface area (Å²) in [6, 6.07) is 9.79. The second-order valence-corrected chi connectivity index (χ2v) is 6.69. The summed E-state index contributed by atoms with van der Waals surface area (Å²) >= 11 is 12.0. The molecule has 7 heteroatoms. The Bertz CT molecular complexity index is 1020. The van der Waals surface area contributed by atoms with Gasteiger partial charge >= 0.3 is 5.97 Å². The van der Waals surface area contributed by atoms with Crippen molar-refractivity contribution in [2.45, 2.75) is 13.3 Å². The molecule has 3 rings (SSSR count). The number of rotatable bonds is 4. The van der Waals surface area contributed by atoms with Crippen LogP contribution in [0.3, 0.4) is 0 Å². The first-order valence-corrected chi connectivity index (χ1v) is 8.48. The van der Waals surface area contributed by atoms with Crippen molar-refractivity contribution < 1.29 is 19.4 Å². The number of hydrogen-bond acceptors (Lipinski definition) is 3. The minimum absolute atomic E-state index is 0.202. The quantitative estimate of drug-likeness (QED) is 0.706. The van der Waals surface area contributed by atoms with E-state index in [4.69, 9.17) is 27.9 Å². The van der Waals surface area contributed by atoms with Gasteiger partial charge in [-0.2, -0.15) is 0 Å². The fraction of sp³-hybridized carbons (Fsp3) is 0.158. The molecule has 0 atom stereocenters. The zero-order valence-corrected chi connectivity index (χ0v) is 15.6. The average Bonchev–Trinajstić information content (AvgIpc) is 2.84. The first-order chi connectivity index (χ1) is 12.3. The minimum atomic E-state index is -0.979. The van der Waals surface area contributed by atoms with E-state index in [1.807, 2.05) is 0 Å². The lowest BCUT2D eigenvalue weighted by molar-refractivity contribution is -0.136. The molecule has 0 spiro atoms. The second kappa shape index (κ2) is 7.02. The van der Waals surface area contributed by atoms with Gasteiger partial charge in [-0.1, -0.05) is 23.2 Å². The Kier molecular flexibility index (Phi) is 4.94. The maximum atomic E-state index is 13.1. The van der Waals surface area contributed by atoms with Crippen LogP contribution in [0.15, 0.2) is 36.4 Å². The van der Waals surface area contributed by atoms with E-state index in [1.54, 1.807) is 31.2 Å². The fourth-order valence-corrected chi connectivity index (χ4v) is 3.56. The number of halogens is 2. The van der Waals surface area contributed by atoms with Gasteiger partial charge in [0.05, 0.1) is 19.0 Å². The fourth-order valence-electron chi connectivity index (χ4n) is 3.03. The number of aromatic nitrogens is 1. The Morgan fingerprint density at radius 1 is 1.12 bits per heavy atom. The normalized spacial score (nSPS) is 10.9. The number of benzene rings is 2. The molecule has 3 aromatic rings. The van der Waals surface area contributed by atoms with E-state index in [-0.39, 0.29) is 12.3 Å². The van der Waals surface area contributed by atoms with E-state index in [2.05, 4.69) is 0 Å². The van der Waals surface area contributed by atoms with Crippen molar-refractivity contribution in [3.05, 3.63) is 63.3 Å². The van der Waals surface area contributed by atoms with Crippen molar-refractivity contribution in [3.8, 4) is 5.75 Å². The molecule has 0 saturated carbocycles. The Labute approximate surface area is 159 Å². The standard InChI is InChI=1S/C19H15Cl2NO4/c1-10-15(9-18(23)24)16-8-14(26-2)3-4-17(16)22(10)19(25)11-5-12(20)7-13(21)6-11/h3-8H,9H2,1-2H3,(H,23,24). The third-order valence-corrected chi connectivity index (χ3v) is 4.62. The van der Waals surface area contributed by atoms with Crippen molar-refractivity contribution in [1.82, 2.24) is 4.57 Å². The molecule has 0 aliphatic rings. The molecule has 2 aromatic carbocycles. The summed E-state index contributed by atoms with van der Waals surface area (Å²) in [6.45, 7) is 1.72. The zero-order valence-electron chi connectivity index (χ0n) is 14.0. The van der Waals surface area contributed by atoms with Crippen molar-refractivity contribution in [1.29, 1.82) is 0 Å². The molecule has 0 bridgehead atoms. The predicted molar refractivity (Wildman–Crippen MR) is 101 cm³/mol. The maximum absolute atomic E-state index is 13.1. The zero-order chi connectivity index (χ0) is 19.0. The summed E-state index contributed by atoms with van der Waals surface area (Å²) in [6.07, 6.45) is -0.202. The van der Waals surface area contributed by atoms with Gasteiger partial charge in [0.1, 0.15) is 5.75 Å². The number of ether oxygens (including phenoxy) is 1. The van der Waals surface area contributed by atoms with Crippen molar-refractivity contribution in [3.63, 3.8) is 0 Å². The van der Waals surface area contributed by atoms with Gasteiger partial charge in [0.25, 0.3) is 5.91 Å². The Morgan fingerprint density at radius 2 is 1.77 bits per heavy atom. The number of nitrogens with zero attached hydrogens (tertiary/aromatic N) is 1. The summed E-state index contributed by atoms with van der Waals surface area (Å²) in [7, 11) is 1.53. The van der Waals surface area contributed by atoms with E-state index in [1.165, 1.54) is 23.8 Å². The lowest BCUT2D eigenvalue weighted by Crippen LogP contribution is -2.14. The number of carbonyl (C=O) groups excluding carboxylic acids is 1. The molecule has 5 nitrogen and oxygen atoms in total. The molecule has 0 aliphatic heterocycles. The smallest absolute Gasteiger partial charge is 0.307 e. The van der Waals surface area contributed by atoms with Crippen LogP contribution in [-0.2, 0) is 11.2 Å². The molecular weight excluding hydrogens is 377 g/mol. The Balaban J connectivity index is 2.26. The molecule has 0 unspecified atom stereocenters. The number of methoxy groups -OCH3 is 1. The summed E-state index contributed by atoms with van der Waals surface area (Å²) in [5, 5.41) is 10.6. The van der Waals surface area contributed by atoms with E-state index >= 15 is 0 Å². The molecule has 1 aromatic heterocycles. The second-order valence-electron chi connectivity index (χ2n) is 5.82. The maximum Gasteiger partial charge on any atom is 0.307 e. The molecule has 0 amide bonds. The van der Waals surface area contributed by atoms with Crippen LogP contribution in [-0.4, -0.2) is 28.7 Å². The van der Waals surface area contributed by atoms with Crippen LogP contribution in [0.25, 0.3) is 10.9 Å². The number of fused-ring (bicyclic) bond motifs is 1. The van der Waals surface area contributed by atoms with Gasteiger partial charge in [0.2, 0.25) is 0 Å².